The number of hydrogen-bond acceptors (Lipinski definition) is 3. The fraction of sp³-hybridized carbons (Fsp3) is 0.387. The second-order valence-corrected chi connectivity index (χ2v) is 10.0. The third kappa shape index (κ3) is 12.6. The minimum absolute atomic E-state index is 0.0960. The zero-order valence-corrected chi connectivity index (χ0v) is 24.1. The number of halogens is 7. The number of alkyl halides is 6. The molecule has 2 atom stereocenters. The maximum absolute atomic E-state index is 13.6. The topological polar surface area (TPSA) is 61.4 Å². The van der Waals surface area contributed by atoms with E-state index in [1.807, 2.05) is 25.2 Å². The molecule has 1 unspecified atom stereocenters. The summed E-state index contributed by atoms with van der Waals surface area (Å²) in [7, 11) is 1.88. The van der Waals surface area contributed by atoms with E-state index in [0.717, 1.165) is 18.6 Å². The zero-order valence-electron chi connectivity index (χ0n) is 24.1. The van der Waals surface area contributed by atoms with Crippen LogP contribution in [0.5, 0.6) is 0 Å². The summed E-state index contributed by atoms with van der Waals surface area (Å²) >= 11 is 0. The Bertz CT molecular complexity index is 1230. The van der Waals surface area contributed by atoms with Gasteiger partial charge in [-0.3, -0.25) is 4.79 Å². The van der Waals surface area contributed by atoms with Crippen LogP contribution < -0.4 is 10.6 Å². The summed E-state index contributed by atoms with van der Waals surface area (Å²) in [5, 5.41) is 13.9. The predicted octanol–water partition coefficient (Wildman–Crippen LogP) is 7.61. The van der Waals surface area contributed by atoms with Gasteiger partial charge in [-0.15, -0.1) is 0 Å². The molecule has 0 bridgehead atoms. The lowest BCUT2D eigenvalue weighted by Crippen LogP contribution is -2.30. The van der Waals surface area contributed by atoms with E-state index in [-0.39, 0.29) is 41.8 Å². The van der Waals surface area contributed by atoms with Crippen molar-refractivity contribution in [3.8, 4) is 0 Å². The molecule has 0 aromatic heterocycles. The highest BCUT2D eigenvalue weighted by atomic mass is 19.4. The van der Waals surface area contributed by atoms with E-state index >= 15 is 0 Å². The van der Waals surface area contributed by atoms with Crippen LogP contribution in [0.1, 0.15) is 59.7 Å². The molecule has 0 aliphatic rings. The Morgan fingerprint density at radius 2 is 1.48 bits per heavy atom. The molecule has 11 heteroatoms. The first-order chi connectivity index (χ1) is 19.5. The largest absolute Gasteiger partial charge is 0.416 e. The van der Waals surface area contributed by atoms with Crippen LogP contribution in [0.4, 0.5) is 30.7 Å². The monoisotopic (exact) mass is 602 g/mol. The first kappa shape index (κ1) is 36.6. The molecule has 0 saturated carbocycles. The van der Waals surface area contributed by atoms with Crippen LogP contribution in [-0.4, -0.2) is 31.2 Å². The van der Waals surface area contributed by atoms with Crippen LogP contribution >= 0.6 is 0 Å². The Morgan fingerprint density at radius 3 is 1.88 bits per heavy atom. The summed E-state index contributed by atoms with van der Waals surface area (Å²) in [6.07, 6.45) is -8.37. The van der Waals surface area contributed by atoms with Crippen LogP contribution in [0.2, 0.25) is 0 Å². The summed E-state index contributed by atoms with van der Waals surface area (Å²) in [5.41, 5.74) is -1.55. The second-order valence-electron chi connectivity index (χ2n) is 10.0. The van der Waals surface area contributed by atoms with Gasteiger partial charge in [0, 0.05) is 6.04 Å². The number of aliphatic hydroxyl groups excluding tert-OH is 1. The predicted molar refractivity (Wildman–Crippen MR) is 149 cm³/mol. The molecule has 0 radical (unpaired) electrons. The third-order valence-corrected chi connectivity index (χ3v) is 6.04. The van der Waals surface area contributed by atoms with Crippen molar-refractivity contribution in [3.05, 3.63) is 106 Å². The van der Waals surface area contributed by atoms with E-state index in [1.54, 1.807) is 0 Å². The third-order valence-electron chi connectivity index (χ3n) is 6.04. The van der Waals surface area contributed by atoms with E-state index < -0.39 is 35.3 Å². The van der Waals surface area contributed by atoms with Crippen molar-refractivity contribution in [2.45, 2.75) is 58.6 Å². The molecule has 232 valence electrons. The van der Waals surface area contributed by atoms with Gasteiger partial charge in [0.25, 0.3) is 0 Å². The Labute approximate surface area is 242 Å². The van der Waals surface area contributed by atoms with Gasteiger partial charge in [-0.2, -0.15) is 26.3 Å². The summed E-state index contributed by atoms with van der Waals surface area (Å²) in [5.74, 6) is -0.565. The summed E-state index contributed by atoms with van der Waals surface area (Å²) < 4.78 is 91.4. The Morgan fingerprint density at radius 1 is 0.857 bits per heavy atom. The Kier molecular flexibility index (Phi) is 14.7. The fourth-order valence-electron chi connectivity index (χ4n) is 3.91. The van der Waals surface area contributed by atoms with Crippen LogP contribution in [0, 0.1) is 25.6 Å². The minimum atomic E-state index is -4.85. The molecule has 0 fully saturated rings. The number of benzene rings is 3. The van der Waals surface area contributed by atoms with Gasteiger partial charge in [0.1, 0.15) is 5.82 Å². The first-order valence-corrected chi connectivity index (χ1v) is 13.1. The van der Waals surface area contributed by atoms with Crippen molar-refractivity contribution in [1.29, 1.82) is 0 Å². The average Bonchev–Trinajstić information content (AvgIpc) is 2.90. The van der Waals surface area contributed by atoms with Crippen molar-refractivity contribution in [2.24, 2.45) is 5.92 Å². The van der Waals surface area contributed by atoms with Gasteiger partial charge in [0.05, 0.1) is 23.8 Å². The number of hydrogen-bond donors (Lipinski definition) is 3. The number of amides is 1. The molecular weight excluding hydrogens is 565 g/mol. The maximum Gasteiger partial charge on any atom is 0.416 e. The van der Waals surface area contributed by atoms with Gasteiger partial charge >= 0.3 is 12.4 Å². The number of likely N-dealkylation sites (N-methyl/N-ethyl adjacent to an activating group) is 1. The molecule has 3 rings (SSSR count). The molecule has 0 saturated heterocycles. The summed E-state index contributed by atoms with van der Waals surface area (Å²) in [4.78, 5) is 10.8. The van der Waals surface area contributed by atoms with Crippen molar-refractivity contribution >= 4 is 6.41 Å². The van der Waals surface area contributed by atoms with Gasteiger partial charge < -0.3 is 15.7 Å². The highest BCUT2D eigenvalue weighted by Gasteiger charge is 2.34. The van der Waals surface area contributed by atoms with E-state index in [2.05, 4.69) is 43.5 Å². The molecule has 0 aliphatic carbocycles. The fourth-order valence-corrected chi connectivity index (χ4v) is 3.91. The second kappa shape index (κ2) is 16.9. The molecule has 3 N–H and O–H groups in total. The highest BCUT2D eigenvalue weighted by molar-refractivity contribution is 5.51. The lowest BCUT2D eigenvalue weighted by molar-refractivity contribution is -0.138. The molecule has 1 amide bonds. The Hall–Kier alpha value is -3.44. The standard InChI is InChI=1S/C17H12F7NO.C7H17NO.C7H8/c1-9-2-3-10(6-14(9)17(22,23)24)15(25-8-26)11-4-12(16(19,20)21)7-13(18)5-11;1-6(2)4-7(5-9)8-3;1-7-5-3-2-4-6-7/h2-8,15H,1H3,(H,25,26);6-9H,4-5H2,1-3H3;2-6H,1H3/t15-;;/m1../s1. The number of carbonyl (C=O) groups excluding carboxylic acids is 1. The zero-order chi connectivity index (χ0) is 32.1. The summed E-state index contributed by atoms with van der Waals surface area (Å²) in [6, 6.07) is 13.8. The quantitative estimate of drug-likeness (QED) is 0.184. The van der Waals surface area contributed by atoms with Crippen LogP contribution in [0.15, 0.2) is 66.7 Å². The average molecular weight is 603 g/mol. The SMILES string of the molecule is CNC(CO)CC(C)C.Cc1ccc([C@@H](NC=O)c2cc(F)cc(C(F)(F)F)c2)cc1C(F)(F)F.Cc1ccccc1. The van der Waals surface area contributed by atoms with Gasteiger partial charge in [0.2, 0.25) is 6.41 Å². The number of carbonyl (C=O) groups is 1. The van der Waals surface area contributed by atoms with Crippen molar-refractivity contribution < 1.29 is 40.6 Å². The van der Waals surface area contributed by atoms with Gasteiger partial charge in [0.15, 0.2) is 0 Å². The van der Waals surface area contributed by atoms with E-state index in [1.165, 1.54) is 18.6 Å². The molecule has 42 heavy (non-hydrogen) atoms. The van der Waals surface area contributed by atoms with E-state index in [4.69, 9.17) is 5.11 Å². The van der Waals surface area contributed by atoms with Crippen molar-refractivity contribution in [2.75, 3.05) is 13.7 Å². The molecular formula is C31H37F7N2O2. The molecule has 0 spiro atoms. The van der Waals surface area contributed by atoms with Gasteiger partial charge in [-0.1, -0.05) is 61.9 Å². The lowest BCUT2D eigenvalue weighted by atomic mass is 9.94. The summed E-state index contributed by atoms with van der Waals surface area (Å²) in [6.45, 7) is 7.85. The molecule has 4 nitrogen and oxygen atoms in total. The Balaban J connectivity index is 0.000000447. The molecule has 3 aromatic carbocycles. The normalized spacial score (nSPS) is 12.8. The number of rotatable bonds is 8. The van der Waals surface area contributed by atoms with Crippen LogP contribution in [0.25, 0.3) is 0 Å². The number of nitrogens with one attached hydrogen (secondary N) is 2. The number of aliphatic hydroxyl groups is 1. The smallest absolute Gasteiger partial charge is 0.395 e. The van der Waals surface area contributed by atoms with Crippen molar-refractivity contribution in [1.82, 2.24) is 10.6 Å². The first-order valence-electron chi connectivity index (χ1n) is 13.1. The van der Waals surface area contributed by atoms with E-state index in [0.29, 0.717) is 18.1 Å². The maximum atomic E-state index is 13.6. The van der Waals surface area contributed by atoms with E-state index in [9.17, 15) is 35.5 Å². The number of aryl methyl sites for hydroxylation is 2. The van der Waals surface area contributed by atoms with Crippen molar-refractivity contribution in [3.63, 3.8) is 0 Å². The molecule has 3 aromatic rings. The molecule has 0 heterocycles. The lowest BCUT2D eigenvalue weighted by Gasteiger charge is -2.21. The highest BCUT2D eigenvalue weighted by Crippen LogP contribution is 2.36. The van der Waals surface area contributed by atoms with Crippen LogP contribution in [0.3, 0.4) is 0 Å². The molecule has 0 aliphatic heterocycles. The minimum Gasteiger partial charge on any atom is -0.395 e. The van der Waals surface area contributed by atoms with Gasteiger partial charge in [-0.05, 0) is 74.2 Å². The van der Waals surface area contributed by atoms with Crippen LogP contribution in [-0.2, 0) is 17.1 Å². The van der Waals surface area contributed by atoms with Gasteiger partial charge in [-0.25, -0.2) is 4.39 Å².